The summed E-state index contributed by atoms with van der Waals surface area (Å²) < 4.78 is 0. The first-order chi connectivity index (χ1) is 9.82. The van der Waals surface area contributed by atoms with E-state index in [0.717, 1.165) is 4.90 Å². The largest absolute Gasteiger partial charge is 0.502 e. The van der Waals surface area contributed by atoms with Crippen molar-refractivity contribution in [2.75, 3.05) is 5.32 Å². The van der Waals surface area contributed by atoms with Gasteiger partial charge in [0.2, 0.25) is 5.91 Å². The van der Waals surface area contributed by atoms with Crippen molar-refractivity contribution in [1.82, 2.24) is 4.90 Å². The molecule has 0 atom stereocenters. The lowest BCUT2D eigenvalue weighted by Gasteiger charge is -2.18. The van der Waals surface area contributed by atoms with Crippen LogP contribution in [0.5, 0.6) is 0 Å². The van der Waals surface area contributed by atoms with Gasteiger partial charge in [0.05, 0.1) is 5.57 Å². The first-order valence-electron chi connectivity index (χ1n) is 6.52. The Morgan fingerprint density at radius 1 is 1.14 bits per heavy atom. The summed E-state index contributed by atoms with van der Waals surface area (Å²) in [5.41, 5.74) is 0.995. The lowest BCUT2D eigenvalue weighted by Crippen LogP contribution is -2.37. The van der Waals surface area contributed by atoms with Crippen LogP contribution in [0.2, 0.25) is 0 Å². The summed E-state index contributed by atoms with van der Waals surface area (Å²) in [6.07, 6.45) is 0. The van der Waals surface area contributed by atoms with E-state index >= 15 is 0 Å². The molecule has 1 aromatic carbocycles. The number of rotatable bonds is 3. The van der Waals surface area contributed by atoms with Gasteiger partial charge < -0.3 is 10.4 Å². The molecule has 21 heavy (non-hydrogen) atoms. The highest BCUT2D eigenvalue weighted by Gasteiger charge is 2.40. The third-order valence-corrected chi connectivity index (χ3v) is 3.10. The summed E-state index contributed by atoms with van der Waals surface area (Å²) in [7, 11) is 0. The van der Waals surface area contributed by atoms with E-state index < -0.39 is 17.6 Å². The predicted octanol–water partition coefficient (Wildman–Crippen LogP) is 1.69. The summed E-state index contributed by atoms with van der Waals surface area (Å²) in [4.78, 5) is 36.1. The van der Waals surface area contributed by atoms with Gasteiger partial charge in [0, 0.05) is 18.7 Å². The van der Waals surface area contributed by atoms with Gasteiger partial charge in [0.15, 0.2) is 5.76 Å². The SMILES string of the molecule is CC(=O)Nc1ccc(C2=C(O)C(=O)N(C(C)C)C2=O)cc1. The number of aliphatic hydroxyl groups excluding tert-OH is 1. The van der Waals surface area contributed by atoms with Crippen LogP contribution in [0, 0.1) is 0 Å². The van der Waals surface area contributed by atoms with E-state index in [0.29, 0.717) is 11.3 Å². The first-order valence-corrected chi connectivity index (χ1v) is 6.52. The third-order valence-electron chi connectivity index (χ3n) is 3.10. The molecule has 1 aliphatic heterocycles. The van der Waals surface area contributed by atoms with E-state index in [1.54, 1.807) is 38.1 Å². The summed E-state index contributed by atoms with van der Waals surface area (Å²) >= 11 is 0. The van der Waals surface area contributed by atoms with E-state index in [-0.39, 0.29) is 17.5 Å². The van der Waals surface area contributed by atoms with Gasteiger partial charge in [-0.05, 0) is 31.5 Å². The van der Waals surface area contributed by atoms with Crippen molar-refractivity contribution in [3.63, 3.8) is 0 Å². The fraction of sp³-hybridized carbons (Fsp3) is 0.267. The van der Waals surface area contributed by atoms with Crippen LogP contribution in [0.4, 0.5) is 5.69 Å². The number of amides is 3. The molecular formula is C15H16N2O4. The number of anilines is 1. The predicted molar refractivity (Wildman–Crippen MR) is 77.3 cm³/mol. The second kappa shape index (κ2) is 5.40. The van der Waals surface area contributed by atoms with E-state index in [1.165, 1.54) is 6.92 Å². The molecule has 1 aromatic rings. The molecule has 3 amide bonds. The van der Waals surface area contributed by atoms with Crippen molar-refractivity contribution >= 4 is 29.0 Å². The van der Waals surface area contributed by atoms with Gasteiger partial charge in [-0.1, -0.05) is 12.1 Å². The number of carbonyl (C=O) groups is 3. The zero-order chi connectivity index (χ0) is 15.7. The maximum atomic E-state index is 12.2. The van der Waals surface area contributed by atoms with Crippen LogP contribution in [-0.4, -0.2) is 33.8 Å². The van der Waals surface area contributed by atoms with Crippen LogP contribution in [0.1, 0.15) is 26.3 Å². The van der Waals surface area contributed by atoms with Gasteiger partial charge in [-0.25, -0.2) is 0 Å². The zero-order valence-corrected chi connectivity index (χ0v) is 12.0. The van der Waals surface area contributed by atoms with E-state index in [4.69, 9.17) is 0 Å². The number of imide groups is 1. The van der Waals surface area contributed by atoms with E-state index in [2.05, 4.69) is 5.32 Å². The second-order valence-electron chi connectivity index (χ2n) is 5.06. The Balaban J connectivity index is 2.35. The van der Waals surface area contributed by atoms with Crippen LogP contribution in [-0.2, 0) is 14.4 Å². The van der Waals surface area contributed by atoms with Crippen LogP contribution in [0.15, 0.2) is 30.0 Å². The summed E-state index contributed by atoms with van der Waals surface area (Å²) in [5.74, 6) is -1.94. The number of carbonyl (C=O) groups excluding carboxylic acids is 3. The van der Waals surface area contributed by atoms with Gasteiger partial charge in [-0.15, -0.1) is 0 Å². The zero-order valence-electron chi connectivity index (χ0n) is 12.0. The Hall–Kier alpha value is -2.63. The summed E-state index contributed by atoms with van der Waals surface area (Å²) in [5, 5.41) is 12.5. The number of hydrogen-bond donors (Lipinski definition) is 2. The minimum absolute atomic E-state index is 0.0110. The molecule has 6 nitrogen and oxygen atoms in total. The molecule has 1 heterocycles. The monoisotopic (exact) mass is 288 g/mol. The lowest BCUT2D eigenvalue weighted by molar-refractivity contribution is -0.140. The van der Waals surface area contributed by atoms with E-state index in [1.807, 2.05) is 0 Å². The molecule has 2 rings (SSSR count). The minimum atomic E-state index is -0.684. The Morgan fingerprint density at radius 3 is 2.14 bits per heavy atom. The molecule has 0 bridgehead atoms. The van der Waals surface area contributed by atoms with Crippen molar-refractivity contribution in [3.05, 3.63) is 35.6 Å². The Bertz CT molecular complexity index is 644. The van der Waals surface area contributed by atoms with E-state index in [9.17, 15) is 19.5 Å². The minimum Gasteiger partial charge on any atom is -0.502 e. The number of hydrogen-bond acceptors (Lipinski definition) is 4. The molecule has 0 aliphatic carbocycles. The molecule has 0 saturated carbocycles. The maximum absolute atomic E-state index is 12.2. The number of nitrogens with one attached hydrogen (secondary N) is 1. The molecular weight excluding hydrogens is 272 g/mol. The molecule has 6 heteroatoms. The standard InChI is InChI=1S/C15H16N2O4/c1-8(2)17-14(20)12(13(19)15(17)21)10-4-6-11(7-5-10)16-9(3)18/h4-8,19H,1-3H3,(H,16,18). The number of nitrogens with zero attached hydrogens (tertiary/aromatic N) is 1. The number of aliphatic hydroxyl groups is 1. The van der Waals surface area contributed by atoms with Crippen molar-refractivity contribution in [2.45, 2.75) is 26.8 Å². The molecule has 1 aliphatic rings. The average Bonchev–Trinajstić information content (AvgIpc) is 2.61. The van der Waals surface area contributed by atoms with Gasteiger partial charge in [-0.2, -0.15) is 0 Å². The first kappa shape index (κ1) is 14.8. The third kappa shape index (κ3) is 2.65. The fourth-order valence-electron chi connectivity index (χ4n) is 2.19. The summed E-state index contributed by atoms with van der Waals surface area (Å²) in [6, 6.07) is 6.03. The Labute approximate surface area is 122 Å². The molecule has 0 unspecified atom stereocenters. The van der Waals surface area contributed by atoms with Crippen LogP contribution >= 0.6 is 0 Å². The van der Waals surface area contributed by atoms with Crippen molar-refractivity contribution in [3.8, 4) is 0 Å². The molecule has 0 saturated heterocycles. The van der Waals surface area contributed by atoms with Crippen LogP contribution < -0.4 is 5.32 Å². The Kier molecular flexibility index (Phi) is 3.80. The van der Waals surface area contributed by atoms with Crippen molar-refractivity contribution < 1.29 is 19.5 Å². The normalized spacial score (nSPS) is 15.1. The molecule has 0 fully saturated rings. The van der Waals surface area contributed by atoms with Crippen molar-refractivity contribution in [1.29, 1.82) is 0 Å². The highest BCUT2D eigenvalue weighted by atomic mass is 16.3. The Morgan fingerprint density at radius 2 is 1.71 bits per heavy atom. The number of benzene rings is 1. The quantitative estimate of drug-likeness (QED) is 0.829. The smallest absolute Gasteiger partial charge is 0.296 e. The highest BCUT2D eigenvalue weighted by molar-refractivity contribution is 6.35. The van der Waals surface area contributed by atoms with Gasteiger partial charge in [0.1, 0.15) is 0 Å². The fourth-order valence-corrected chi connectivity index (χ4v) is 2.19. The highest BCUT2D eigenvalue weighted by Crippen LogP contribution is 2.29. The van der Waals surface area contributed by atoms with Gasteiger partial charge in [0.25, 0.3) is 11.8 Å². The van der Waals surface area contributed by atoms with Crippen LogP contribution in [0.3, 0.4) is 0 Å². The molecule has 0 aromatic heterocycles. The maximum Gasteiger partial charge on any atom is 0.296 e. The molecule has 110 valence electrons. The second-order valence-corrected chi connectivity index (χ2v) is 5.06. The topological polar surface area (TPSA) is 86.7 Å². The molecule has 0 radical (unpaired) electrons. The molecule has 0 spiro atoms. The summed E-state index contributed by atoms with van der Waals surface area (Å²) in [6.45, 7) is 4.79. The lowest BCUT2D eigenvalue weighted by atomic mass is 10.0. The molecule has 2 N–H and O–H groups in total. The van der Waals surface area contributed by atoms with Gasteiger partial charge in [-0.3, -0.25) is 19.3 Å². The van der Waals surface area contributed by atoms with Gasteiger partial charge >= 0.3 is 0 Å². The van der Waals surface area contributed by atoms with Crippen LogP contribution in [0.25, 0.3) is 5.57 Å². The van der Waals surface area contributed by atoms with Crippen molar-refractivity contribution in [2.24, 2.45) is 0 Å². The average molecular weight is 288 g/mol.